The van der Waals surface area contributed by atoms with Crippen molar-refractivity contribution < 1.29 is 22.3 Å². The molecule has 202 valence electrons. The van der Waals surface area contributed by atoms with Gasteiger partial charge in [-0.1, -0.05) is 20.8 Å². The normalized spacial score (nSPS) is 21.4. The lowest BCUT2D eigenvalue weighted by atomic mass is 9.97. The van der Waals surface area contributed by atoms with E-state index in [2.05, 4.69) is 35.7 Å². The summed E-state index contributed by atoms with van der Waals surface area (Å²) in [6.45, 7) is 12.3. The number of pyridine rings is 1. The molecule has 2 aliphatic heterocycles. The molecule has 1 amide bonds. The zero-order valence-electron chi connectivity index (χ0n) is 22.2. The summed E-state index contributed by atoms with van der Waals surface area (Å²) in [5.41, 5.74) is 0.857. The molecule has 2 aliphatic rings. The number of benzene rings is 1. The van der Waals surface area contributed by atoms with Crippen molar-refractivity contribution in [1.82, 2.24) is 15.0 Å². The maximum atomic E-state index is 14.5. The Morgan fingerprint density at radius 3 is 2.68 bits per heavy atom. The number of aromatic nitrogens is 1. The highest BCUT2D eigenvalue weighted by atomic mass is 32.2. The van der Waals surface area contributed by atoms with E-state index in [1.54, 1.807) is 18.2 Å². The van der Waals surface area contributed by atoms with Crippen LogP contribution in [0, 0.1) is 17.7 Å². The first-order chi connectivity index (χ1) is 17.4. The van der Waals surface area contributed by atoms with Crippen LogP contribution < -0.4 is 19.7 Å². The molecule has 2 fully saturated rings. The summed E-state index contributed by atoms with van der Waals surface area (Å²) in [5.74, 6) is 0.266. The Kier molecular flexibility index (Phi) is 7.80. The second kappa shape index (κ2) is 10.6. The van der Waals surface area contributed by atoms with Gasteiger partial charge in [0.05, 0.1) is 23.1 Å². The molecule has 3 heterocycles. The summed E-state index contributed by atoms with van der Waals surface area (Å²) >= 11 is 0. The van der Waals surface area contributed by atoms with Gasteiger partial charge in [-0.2, -0.15) is 0 Å². The van der Waals surface area contributed by atoms with E-state index in [1.165, 1.54) is 12.1 Å². The molecule has 0 aliphatic carbocycles. The average molecular weight is 533 g/mol. The number of sulfonamides is 1. The van der Waals surface area contributed by atoms with Gasteiger partial charge in [-0.3, -0.25) is 4.79 Å². The van der Waals surface area contributed by atoms with Crippen molar-refractivity contribution in [2.75, 3.05) is 31.1 Å². The van der Waals surface area contributed by atoms with Crippen molar-refractivity contribution in [2.45, 2.75) is 58.2 Å². The van der Waals surface area contributed by atoms with Gasteiger partial charge in [0.1, 0.15) is 17.4 Å². The van der Waals surface area contributed by atoms with E-state index in [1.807, 2.05) is 13.8 Å². The minimum Gasteiger partial charge on any atom is -0.493 e. The van der Waals surface area contributed by atoms with Crippen LogP contribution in [-0.4, -0.2) is 56.3 Å². The van der Waals surface area contributed by atoms with Crippen LogP contribution in [0.15, 0.2) is 30.3 Å². The second-order valence-electron chi connectivity index (χ2n) is 11.3. The molecule has 0 bridgehead atoms. The van der Waals surface area contributed by atoms with Gasteiger partial charge < -0.3 is 15.0 Å². The van der Waals surface area contributed by atoms with Gasteiger partial charge >= 0.3 is 0 Å². The smallest absolute Gasteiger partial charge is 0.268 e. The van der Waals surface area contributed by atoms with Crippen LogP contribution in [0.25, 0.3) is 11.3 Å². The van der Waals surface area contributed by atoms with E-state index in [-0.39, 0.29) is 17.0 Å². The van der Waals surface area contributed by atoms with Gasteiger partial charge in [0.15, 0.2) is 0 Å². The second-order valence-corrected chi connectivity index (χ2v) is 13.2. The van der Waals surface area contributed by atoms with E-state index < -0.39 is 27.0 Å². The maximum absolute atomic E-state index is 14.5. The first kappa shape index (κ1) is 27.3. The number of halogens is 1. The van der Waals surface area contributed by atoms with Gasteiger partial charge in [0.25, 0.3) is 5.91 Å². The predicted octanol–water partition coefficient (Wildman–Crippen LogP) is 3.97. The molecule has 10 heteroatoms. The van der Waals surface area contributed by atoms with E-state index in [0.717, 1.165) is 6.42 Å². The molecular weight excluding hydrogens is 495 g/mol. The van der Waals surface area contributed by atoms with Crippen molar-refractivity contribution >= 4 is 21.7 Å². The Morgan fingerprint density at radius 1 is 1.30 bits per heavy atom. The van der Waals surface area contributed by atoms with E-state index in [9.17, 15) is 17.6 Å². The number of carbonyl (C=O) groups excluding carboxylic acids is 1. The fourth-order valence-electron chi connectivity index (χ4n) is 5.17. The van der Waals surface area contributed by atoms with Crippen molar-refractivity contribution in [3.63, 3.8) is 0 Å². The molecule has 1 aromatic heterocycles. The molecule has 4 rings (SSSR count). The van der Waals surface area contributed by atoms with E-state index in [0.29, 0.717) is 61.4 Å². The minimum absolute atomic E-state index is 0.174. The molecule has 2 saturated heterocycles. The number of nitrogens with one attached hydrogen (secondary N) is 2. The Bertz CT molecular complexity index is 1260. The van der Waals surface area contributed by atoms with Crippen molar-refractivity contribution in [3.05, 3.63) is 41.7 Å². The lowest BCUT2D eigenvalue weighted by Gasteiger charge is -2.34. The average Bonchev–Trinajstić information content (AvgIpc) is 3.44. The monoisotopic (exact) mass is 532 g/mol. The molecule has 1 unspecified atom stereocenters. The lowest BCUT2D eigenvalue weighted by Crippen LogP contribution is -2.42. The predicted molar refractivity (Wildman–Crippen MR) is 143 cm³/mol. The van der Waals surface area contributed by atoms with Crippen LogP contribution in [-0.2, 0) is 10.0 Å². The Hall–Kier alpha value is -2.72. The largest absolute Gasteiger partial charge is 0.493 e. The first-order valence-electron chi connectivity index (χ1n) is 12.8. The summed E-state index contributed by atoms with van der Waals surface area (Å²) in [5, 5.41) is 2.36. The summed E-state index contributed by atoms with van der Waals surface area (Å²) in [4.78, 5) is 20.2. The SMILES string of the molecule is CC(C)COc1cc(F)cc(-c2ccc(C(=O)NS(=O)(=O)C3CCNC3)c(N3C[C@@H](C)CC3(C)C)n2)c1. The van der Waals surface area contributed by atoms with Crippen molar-refractivity contribution in [1.29, 1.82) is 0 Å². The van der Waals surface area contributed by atoms with Gasteiger partial charge in [-0.25, -0.2) is 22.5 Å². The van der Waals surface area contributed by atoms with Gasteiger partial charge in [0, 0.05) is 30.3 Å². The highest BCUT2D eigenvalue weighted by Gasteiger charge is 2.40. The number of amides is 1. The number of ether oxygens (including phenoxy) is 1. The zero-order valence-corrected chi connectivity index (χ0v) is 23.0. The van der Waals surface area contributed by atoms with Crippen LogP contribution in [0.5, 0.6) is 5.75 Å². The third kappa shape index (κ3) is 6.23. The Labute approximate surface area is 219 Å². The van der Waals surface area contributed by atoms with E-state index >= 15 is 0 Å². The molecule has 2 N–H and O–H groups in total. The molecular formula is C27H37FN4O4S. The standard InChI is InChI=1S/C27H37FN4O4S/c1-17(2)16-36-21-11-19(10-20(28)12-21)24-7-6-23(25(30-24)32-15-18(3)13-27(32,4)5)26(33)31-37(34,35)22-8-9-29-14-22/h6-7,10-12,17-18,22,29H,8-9,13-16H2,1-5H3,(H,31,33)/t18-,22?/m0/s1. The quantitative estimate of drug-likeness (QED) is 0.531. The van der Waals surface area contributed by atoms with Crippen LogP contribution in [0.3, 0.4) is 0 Å². The summed E-state index contributed by atoms with van der Waals surface area (Å²) in [7, 11) is -3.85. The summed E-state index contributed by atoms with van der Waals surface area (Å²) < 4.78 is 48.2. The molecule has 2 atom stereocenters. The van der Waals surface area contributed by atoms with Crippen LogP contribution >= 0.6 is 0 Å². The third-order valence-electron chi connectivity index (χ3n) is 6.89. The van der Waals surface area contributed by atoms with Gasteiger partial charge in [0.2, 0.25) is 10.0 Å². The number of hydrogen-bond donors (Lipinski definition) is 2. The number of hydrogen-bond acceptors (Lipinski definition) is 7. The number of carbonyl (C=O) groups is 1. The van der Waals surface area contributed by atoms with Crippen LogP contribution in [0.4, 0.5) is 10.2 Å². The van der Waals surface area contributed by atoms with Crippen LogP contribution in [0.1, 0.15) is 57.8 Å². The third-order valence-corrected chi connectivity index (χ3v) is 8.64. The van der Waals surface area contributed by atoms with Gasteiger partial charge in [-0.15, -0.1) is 0 Å². The highest BCUT2D eigenvalue weighted by molar-refractivity contribution is 7.90. The minimum atomic E-state index is -3.85. The zero-order chi connectivity index (χ0) is 27.0. The fraction of sp³-hybridized carbons (Fsp3) is 0.556. The van der Waals surface area contributed by atoms with Gasteiger partial charge in [-0.05, 0) is 69.3 Å². The molecule has 8 nitrogen and oxygen atoms in total. The number of anilines is 1. The fourth-order valence-corrected chi connectivity index (χ4v) is 6.47. The number of rotatable bonds is 8. The Balaban J connectivity index is 1.74. The van der Waals surface area contributed by atoms with Crippen LogP contribution in [0.2, 0.25) is 0 Å². The Morgan fingerprint density at radius 2 is 2.05 bits per heavy atom. The molecule has 0 radical (unpaired) electrons. The summed E-state index contributed by atoms with van der Waals surface area (Å²) in [6.07, 6.45) is 1.34. The van der Waals surface area contributed by atoms with E-state index in [4.69, 9.17) is 9.72 Å². The topological polar surface area (TPSA) is 101 Å². The van der Waals surface area contributed by atoms with Crippen molar-refractivity contribution in [2.24, 2.45) is 11.8 Å². The summed E-state index contributed by atoms with van der Waals surface area (Å²) in [6, 6.07) is 7.64. The van der Waals surface area contributed by atoms with Crippen molar-refractivity contribution in [3.8, 4) is 17.0 Å². The molecule has 37 heavy (non-hydrogen) atoms. The molecule has 2 aromatic rings. The molecule has 0 saturated carbocycles. The number of nitrogens with zero attached hydrogens (tertiary/aromatic N) is 2. The molecule has 1 aromatic carbocycles. The highest BCUT2D eigenvalue weighted by Crippen LogP contribution is 2.38. The lowest BCUT2D eigenvalue weighted by molar-refractivity contribution is 0.0981. The first-order valence-corrected chi connectivity index (χ1v) is 14.4. The molecule has 0 spiro atoms. The maximum Gasteiger partial charge on any atom is 0.268 e.